The third-order valence-corrected chi connectivity index (χ3v) is 3.79. The number of benzene rings is 1. The second-order valence-electron chi connectivity index (χ2n) is 5.34. The second kappa shape index (κ2) is 7.00. The van der Waals surface area contributed by atoms with Gasteiger partial charge in [-0.05, 0) is 29.7 Å². The van der Waals surface area contributed by atoms with E-state index in [9.17, 15) is 0 Å². The van der Waals surface area contributed by atoms with Gasteiger partial charge in [-0.25, -0.2) is 4.98 Å². The Morgan fingerprint density at radius 1 is 1.05 bits per heavy atom. The Balaban J connectivity index is 1.57. The van der Waals surface area contributed by atoms with Crippen LogP contribution in [-0.4, -0.2) is 21.1 Å². The molecule has 0 spiro atoms. The highest BCUT2D eigenvalue weighted by atomic mass is 15.0. The molecule has 3 rings (SSSR count). The van der Waals surface area contributed by atoms with Crippen LogP contribution in [0.4, 0.5) is 0 Å². The van der Waals surface area contributed by atoms with Crippen molar-refractivity contribution in [3.05, 3.63) is 73.1 Å². The van der Waals surface area contributed by atoms with Crippen molar-refractivity contribution in [3.8, 4) is 11.1 Å². The van der Waals surface area contributed by atoms with Gasteiger partial charge in [0.1, 0.15) is 0 Å². The highest BCUT2D eigenvalue weighted by molar-refractivity contribution is 5.62. The van der Waals surface area contributed by atoms with E-state index in [1.807, 2.05) is 24.8 Å². The Labute approximate surface area is 130 Å². The van der Waals surface area contributed by atoms with Crippen molar-refractivity contribution in [2.24, 2.45) is 0 Å². The summed E-state index contributed by atoms with van der Waals surface area (Å²) in [6.07, 6.45) is 9.32. The zero-order valence-corrected chi connectivity index (χ0v) is 12.7. The summed E-state index contributed by atoms with van der Waals surface area (Å²) >= 11 is 0. The first-order valence-corrected chi connectivity index (χ1v) is 7.52. The smallest absolute Gasteiger partial charge is 0.0946 e. The summed E-state index contributed by atoms with van der Waals surface area (Å²) in [7, 11) is 0. The Hall–Kier alpha value is -2.46. The van der Waals surface area contributed by atoms with Gasteiger partial charge < -0.3 is 9.88 Å². The molecule has 0 amide bonds. The van der Waals surface area contributed by atoms with E-state index in [2.05, 4.69) is 57.1 Å². The van der Waals surface area contributed by atoms with Crippen LogP contribution in [0.2, 0.25) is 0 Å². The maximum absolute atomic E-state index is 4.16. The average molecular weight is 292 g/mol. The lowest BCUT2D eigenvalue weighted by Crippen LogP contribution is -2.22. The van der Waals surface area contributed by atoms with E-state index in [1.54, 1.807) is 12.4 Å². The third kappa shape index (κ3) is 3.59. The van der Waals surface area contributed by atoms with Gasteiger partial charge in [0.15, 0.2) is 0 Å². The zero-order valence-electron chi connectivity index (χ0n) is 12.7. The summed E-state index contributed by atoms with van der Waals surface area (Å²) in [5.41, 5.74) is 3.63. The van der Waals surface area contributed by atoms with Crippen molar-refractivity contribution in [1.82, 2.24) is 19.9 Å². The predicted molar refractivity (Wildman–Crippen MR) is 88.3 cm³/mol. The lowest BCUT2D eigenvalue weighted by molar-refractivity contribution is 0.531. The van der Waals surface area contributed by atoms with Gasteiger partial charge in [-0.1, -0.05) is 30.3 Å². The SMILES string of the molecule is C[C@@H](NCCn1ccnc1)c1ccc(-c2cccnc2)cc1. The number of aromatic nitrogens is 3. The topological polar surface area (TPSA) is 42.7 Å². The van der Waals surface area contributed by atoms with Crippen molar-refractivity contribution in [2.45, 2.75) is 19.5 Å². The fourth-order valence-electron chi connectivity index (χ4n) is 2.44. The molecule has 2 aromatic heterocycles. The molecule has 4 heteroatoms. The van der Waals surface area contributed by atoms with Crippen molar-refractivity contribution in [1.29, 1.82) is 0 Å². The standard InChI is InChI=1S/C18H20N4/c1-15(21-10-12-22-11-9-20-14-22)16-4-6-17(7-5-16)18-3-2-8-19-13-18/h2-9,11,13-15,21H,10,12H2,1H3/t15-/m1/s1. The highest BCUT2D eigenvalue weighted by Crippen LogP contribution is 2.21. The van der Waals surface area contributed by atoms with Gasteiger partial charge in [0.2, 0.25) is 0 Å². The van der Waals surface area contributed by atoms with Crippen LogP contribution < -0.4 is 5.32 Å². The van der Waals surface area contributed by atoms with Crippen LogP contribution in [0.5, 0.6) is 0 Å². The largest absolute Gasteiger partial charge is 0.336 e. The van der Waals surface area contributed by atoms with E-state index >= 15 is 0 Å². The van der Waals surface area contributed by atoms with Crippen molar-refractivity contribution >= 4 is 0 Å². The fourth-order valence-corrected chi connectivity index (χ4v) is 2.44. The van der Waals surface area contributed by atoms with Crippen LogP contribution in [0.3, 0.4) is 0 Å². The molecular weight excluding hydrogens is 272 g/mol. The summed E-state index contributed by atoms with van der Waals surface area (Å²) in [4.78, 5) is 8.21. The molecule has 0 bridgehead atoms. The van der Waals surface area contributed by atoms with Crippen molar-refractivity contribution in [2.75, 3.05) is 6.54 Å². The van der Waals surface area contributed by atoms with E-state index in [0.717, 1.165) is 18.7 Å². The summed E-state index contributed by atoms with van der Waals surface area (Å²) in [5, 5.41) is 3.54. The number of nitrogens with one attached hydrogen (secondary N) is 1. The number of imidazole rings is 1. The molecule has 0 radical (unpaired) electrons. The first-order chi connectivity index (χ1) is 10.8. The molecule has 0 unspecified atom stereocenters. The number of nitrogens with zero attached hydrogens (tertiary/aromatic N) is 3. The number of hydrogen-bond acceptors (Lipinski definition) is 3. The first-order valence-electron chi connectivity index (χ1n) is 7.52. The molecule has 1 N–H and O–H groups in total. The number of rotatable bonds is 6. The Kier molecular flexibility index (Phi) is 4.61. The van der Waals surface area contributed by atoms with Crippen LogP contribution in [0.1, 0.15) is 18.5 Å². The second-order valence-corrected chi connectivity index (χ2v) is 5.34. The Morgan fingerprint density at radius 3 is 2.59 bits per heavy atom. The summed E-state index contributed by atoms with van der Waals surface area (Å²) in [6, 6.07) is 13.0. The number of pyridine rings is 1. The molecule has 0 saturated carbocycles. The van der Waals surface area contributed by atoms with Crippen LogP contribution in [0.15, 0.2) is 67.5 Å². The third-order valence-electron chi connectivity index (χ3n) is 3.79. The summed E-state index contributed by atoms with van der Waals surface area (Å²) in [6.45, 7) is 4.03. The molecule has 0 aliphatic rings. The molecule has 3 aromatic rings. The van der Waals surface area contributed by atoms with Gasteiger partial charge in [0.25, 0.3) is 0 Å². The fraction of sp³-hybridized carbons (Fsp3) is 0.222. The molecule has 1 atom stereocenters. The minimum absolute atomic E-state index is 0.325. The molecule has 2 heterocycles. The van der Waals surface area contributed by atoms with Gasteiger partial charge in [-0.15, -0.1) is 0 Å². The van der Waals surface area contributed by atoms with Gasteiger partial charge >= 0.3 is 0 Å². The van der Waals surface area contributed by atoms with Crippen molar-refractivity contribution < 1.29 is 0 Å². The van der Waals surface area contributed by atoms with Crippen LogP contribution in [-0.2, 0) is 6.54 Å². The summed E-state index contributed by atoms with van der Waals surface area (Å²) < 4.78 is 2.07. The Bertz CT molecular complexity index is 675. The number of hydrogen-bond donors (Lipinski definition) is 1. The van der Waals surface area contributed by atoms with E-state index in [4.69, 9.17) is 0 Å². The van der Waals surface area contributed by atoms with E-state index < -0.39 is 0 Å². The monoisotopic (exact) mass is 292 g/mol. The quantitative estimate of drug-likeness (QED) is 0.758. The average Bonchev–Trinajstić information content (AvgIpc) is 3.09. The first kappa shape index (κ1) is 14.5. The molecule has 0 aliphatic carbocycles. The van der Waals surface area contributed by atoms with Gasteiger partial charge in [0.05, 0.1) is 6.33 Å². The zero-order chi connectivity index (χ0) is 15.2. The van der Waals surface area contributed by atoms with Crippen LogP contribution in [0.25, 0.3) is 11.1 Å². The van der Waals surface area contributed by atoms with Gasteiger partial charge in [-0.2, -0.15) is 0 Å². The van der Waals surface area contributed by atoms with Gasteiger partial charge in [-0.3, -0.25) is 4.98 Å². The van der Waals surface area contributed by atoms with Gasteiger partial charge in [0, 0.05) is 43.9 Å². The molecule has 4 nitrogen and oxygen atoms in total. The molecule has 22 heavy (non-hydrogen) atoms. The molecular formula is C18H20N4. The van der Waals surface area contributed by atoms with E-state index in [1.165, 1.54) is 11.1 Å². The highest BCUT2D eigenvalue weighted by Gasteiger charge is 2.05. The molecule has 112 valence electrons. The van der Waals surface area contributed by atoms with E-state index in [-0.39, 0.29) is 0 Å². The molecule has 0 aliphatic heterocycles. The molecule has 1 aromatic carbocycles. The normalized spacial score (nSPS) is 12.2. The minimum atomic E-state index is 0.325. The van der Waals surface area contributed by atoms with Crippen molar-refractivity contribution in [3.63, 3.8) is 0 Å². The van der Waals surface area contributed by atoms with E-state index in [0.29, 0.717) is 6.04 Å². The lowest BCUT2D eigenvalue weighted by Gasteiger charge is -2.15. The van der Waals surface area contributed by atoms with Crippen LogP contribution >= 0.6 is 0 Å². The lowest BCUT2D eigenvalue weighted by atomic mass is 10.0. The van der Waals surface area contributed by atoms with Crippen LogP contribution in [0, 0.1) is 0 Å². The Morgan fingerprint density at radius 2 is 1.91 bits per heavy atom. The predicted octanol–water partition coefficient (Wildman–Crippen LogP) is 3.30. The molecule has 0 saturated heterocycles. The maximum Gasteiger partial charge on any atom is 0.0946 e. The summed E-state index contributed by atoms with van der Waals surface area (Å²) in [5.74, 6) is 0. The maximum atomic E-state index is 4.16. The molecule has 0 fully saturated rings. The minimum Gasteiger partial charge on any atom is -0.336 e.